The second kappa shape index (κ2) is 5.09. The molecule has 17 heavy (non-hydrogen) atoms. The quantitative estimate of drug-likeness (QED) is 0.861. The van der Waals surface area contributed by atoms with Gasteiger partial charge in [0.1, 0.15) is 0 Å². The van der Waals surface area contributed by atoms with Crippen LogP contribution in [0.15, 0.2) is 24.3 Å². The van der Waals surface area contributed by atoms with E-state index in [-0.39, 0.29) is 5.41 Å². The summed E-state index contributed by atoms with van der Waals surface area (Å²) < 4.78 is 5.59. The van der Waals surface area contributed by atoms with E-state index in [1.54, 1.807) is 0 Å². The first kappa shape index (κ1) is 12.4. The largest absolute Gasteiger partial charge is 0.382 e. The van der Waals surface area contributed by atoms with Crippen molar-refractivity contribution >= 4 is 5.69 Å². The average Bonchev–Trinajstić information content (AvgIpc) is 2.78. The standard InChI is InChI=1S/C15H23NO/c1-15(2,3)12-6-8-13(9-7-12)16-11-14-5-4-10-17-14/h6-9,14,16H,4-5,10-11H2,1-3H3. The number of nitrogens with one attached hydrogen (secondary N) is 1. The molecule has 0 amide bonds. The molecule has 1 fully saturated rings. The van der Waals surface area contributed by atoms with Gasteiger partial charge in [0.2, 0.25) is 0 Å². The van der Waals surface area contributed by atoms with E-state index in [0.29, 0.717) is 6.10 Å². The summed E-state index contributed by atoms with van der Waals surface area (Å²) in [4.78, 5) is 0. The van der Waals surface area contributed by atoms with Crippen molar-refractivity contribution < 1.29 is 4.74 Å². The van der Waals surface area contributed by atoms with E-state index in [1.807, 2.05) is 0 Å². The summed E-state index contributed by atoms with van der Waals surface area (Å²) in [5.41, 5.74) is 2.79. The third-order valence-electron chi connectivity index (χ3n) is 3.31. The van der Waals surface area contributed by atoms with Crippen LogP contribution in [0.3, 0.4) is 0 Å². The van der Waals surface area contributed by atoms with Crippen LogP contribution in [-0.2, 0) is 10.2 Å². The molecule has 2 rings (SSSR count). The molecule has 0 spiro atoms. The monoisotopic (exact) mass is 233 g/mol. The Labute approximate surface area is 104 Å². The Morgan fingerprint density at radius 1 is 1.24 bits per heavy atom. The summed E-state index contributed by atoms with van der Waals surface area (Å²) in [7, 11) is 0. The van der Waals surface area contributed by atoms with Crippen molar-refractivity contribution in [1.82, 2.24) is 0 Å². The fourth-order valence-electron chi connectivity index (χ4n) is 2.13. The van der Waals surface area contributed by atoms with E-state index < -0.39 is 0 Å². The molecule has 0 bridgehead atoms. The highest BCUT2D eigenvalue weighted by molar-refractivity contribution is 5.45. The zero-order chi connectivity index (χ0) is 12.3. The molecule has 1 saturated heterocycles. The molecule has 1 aromatic carbocycles. The highest BCUT2D eigenvalue weighted by Crippen LogP contribution is 2.23. The van der Waals surface area contributed by atoms with Gasteiger partial charge in [-0.1, -0.05) is 32.9 Å². The summed E-state index contributed by atoms with van der Waals surface area (Å²) in [6, 6.07) is 8.74. The minimum absolute atomic E-state index is 0.229. The number of ether oxygens (including phenoxy) is 1. The summed E-state index contributed by atoms with van der Waals surface area (Å²) in [5.74, 6) is 0. The van der Waals surface area contributed by atoms with Gasteiger partial charge < -0.3 is 10.1 Å². The van der Waals surface area contributed by atoms with Crippen molar-refractivity contribution in [2.45, 2.75) is 45.1 Å². The van der Waals surface area contributed by atoms with Crippen LogP contribution in [0.4, 0.5) is 5.69 Å². The maximum Gasteiger partial charge on any atom is 0.0748 e. The molecular weight excluding hydrogens is 210 g/mol. The van der Waals surface area contributed by atoms with E-state index in [0.717, 1.165) is 13.2 Å². The van der Waals surface area contributed by atoms with Gasteiger partial charge in [-0.15, -0.1) is 0 Å². The Balaban J connectivity index is 1.89. The normalized spacial score (nSPS) is 20.5. The second-order valence-electron chi connectivity index (χ2n) is 5.84. The first-order valence-corrected chi connectivity index (χ1v) is 6.52. The van der Waals surface area contributed by atoms with E-state index in [4.69, 9.17) is 4.74 Å². The van der Waals surface area contributed by atoms with Crippen LogP contribution in [-0.4, -0.2) is 19.3 Å². The molecular formula is C15H23NO. The molecule has 0 aromatic heterocycles. The van der Waals surface area contributed by atoms with Crippen molar-refractivity contribution in [1.29, 1.82) is 0 Å². The molecule has 2 heteroatoms. The number of benzene rings is 1. The lowest BCUT2D eigenvalue weighted by Crippen LogP contribution is -2.18. The topological polar surface area (TPSA) is 21.3 Å². The maximum atomic E-state index is 5.59. The van der Waals surface area contributed by atoms with Crippen molar-refractivity contribution in [3.05, 3.63) is 29.8 Å². The minimum atomic E-state index is 0.229. The van der Waals surface area contributed by atoms with Crippen LogP contribution in [0.25, 0.3) is 0 Å². The lowest BCUT2D eigenvalue weighted by atomic mass is 9.87. The molecule has 1 atom stereocenters. The third-order valence-corrected chi connectivity index (χ3v) is 3.31. The average molecular weight is 233 g/mol. The number of anilines is 1. The Morgan fingerprint density at radius 2 is 1.94 bits per heavy atom. The number of rotatable bonds is 3. The Kier molecular flexibility index (Phi) is 3.72. The van der Waals surface area contributed by atoms with E-state index in [2.05, 4.69) is 50.4 Å². The summed E-state index contributed by atoms with van der Waals surface area (Å²) >= 11 is 0. The molecule has 1 unspecified atom stereocenters. The maximum absolute atomic E-state index is 5.59. The highest BCUT2D eigenvalue weighted by Gasteiger charge is 2.15. The van der Waals surface area contributed by atoms with Crippen LogP contribution in [0, 0.1) is 0 Å². The Hall–Kier alpha value is -1.02. The van der Waals surface area contributed by atoms with Crippen LogP contribution in [0.2, 0.25) is 0 Å². The van der Waals surface area contributed by atoms with Gasteiger partial charge in [-0.25, -0.2) is 0 Å². The van der Waals surface area contributed by atoms with Gasteiger partial charge in [0.15, 0.2) is 0 Å². The van der Waals surface area contributed by atoms with Gasteiger partial charge in [-0.2, -0.15) is 0 Å². The van der Waals surface area contributed by atoms with Gasteiger partial charge in [-0.05, 0) is 36.0 Å². The van der Waals surface area contributed by atoms with E-state index in [1.165, 1.54) is 24.1 Å². The Bertz CT molecular complexity index is 344. The predicted octanol–water partition coefficient (Wildman–Crippen LogP) is 3.58. The van der Waals surface area contributed by atoms with Gasteiger partial charge in [0.05, 0.1) is 6.10 Å². The molecule has 1 aromatic rings. The SMILES string of the molecule is CC(C)(C)c1ccc(NCC2CCCO2)cc1. The van der Waals surface area contributed by atoms with Gasteiger partial charge in [0, 0.05) is 18.8 Å². The second-order valence-corrected chi connectivity index (χ2v) is 5.84. The fourth-order valence-corrected chi connectivity index (χ4v) is 2.13. The minimum Gasteiger partial charge on any atom is -0.382 e. The third kappa shape index (κ3) is 3.47. The first-order chi connectivity index (χ1) is 8.05. The Morgan fingerprint density at radius 3 is 2.47 bits per heavy atom. The van der Waals surface area contributed by atoms with Crippen molar-refractivity contribution in [2.75, 3.05) is 18.5 Å². The number of hydrogen-bond acceptors (Lipinski definition) is 2. The molecule has 1 heterocycles. The fraction of sp³-hybridized carbons (Fsp3) is 0.600. The van der Waals surface area contributed by atoms with Gasteiger partial charge in [-0.3, -0.25) is 0 Å². The molecule has 94 valence electrons. The predicted molar refractivity (Wildman–Crippen MR) is 72.6 cm³/mol. The molecule has 2 nitrogen and oxygen atoms in total. The van der Waals surface area contributed by atoms with Crippen LogP contribution in [0.1, 0.15) is 39.2 Å². The summed E-state index contributed by atoms with van der Waals surface area (Å²) in [5, 5.41) is 3.44. The first-order valence-electron chi connectivity index (χ1n) is 6.52. The van der Waals surface area contributed by atoms with E-state index >= 15 is 0 Å². The van der Waals surface area contributed by atoms with Crippen LogP contribution >= 0.6 is 0 Å². The van der Waals surface area contributed by atoms with Gasteiger partial charge >= 0.3 is 0 Å². The lowest BCUT2D eigenvalue weighted by Gasteiger charge is -2.19. The van der Waals surface area contributed by atoms with Crippen molar-refractivity contribution in [2.24, 2.45) is 0 Å². The smallest absolute Gasteiger partial charge is 0.0748 e. The van der Waals surface area contributed by atoms with Crippen molar-refractivity contribution in [3.63, 3.8) is 0 Å². The van der Waals surface area contributed by atoms with Crippen molar-refractivity contribution in [3.8, 4) is 0 Å². The zero-order valence-electron chi connectivity index (χ0n) is 11.1. The summed E-state index contributed by atoms with van der Waals surface area (Å²) in [6.45, 7) is 8.57. The molecule has 1 aliphatic heterocycles. The van der Waals surface area contributed by atoms with E-state index in [9.17, 15) is 0 Å². The molecule has 0 saturated carbocycles. The molecule has 1 N–H and O–H groups in total. The highest BCUT2D eigenvalue weighted by atomic mass is 16.5. The lowest BCUT2D eigenvalue weighted by molar-refractivity contribution is 0.120. The molecule has 0 aliphatic carbocycles. The molecule has 0 radical (unpaired) electrons. The zero-order valence-corrected chi connectivity index (χ0v) is 11.1. The number of hydrogen-bond donors (Lipinski definition) is 1. The molecule has 1 aliphatic rings. The van der Waals surface area contributed by atoms with Crippen LogP contribution < -0.4 is 5.32 Å². The van der Waals surface area contributed by atoms with Crippen LogP contribution in [0.5, 0.6) is 0 Å². The summed E-state index contributed by atoms with van der Waals surface area (Å²) in [6.07, 6.45) is 2.79. The van der Waals surface area contributed by atoms with Gasteiger partial charge in [0.25, 0.3) is 0 Å².